The summed E-state index contributed by atoms with van der Waals surface area (Å²) >= 11 is 0. The minimum atomic E-state index is -2.87. The number of aliphatic carboxylic acids is 1. The van der Waals surface area contributed by atoms with Gasteiger partial charge < -0.3 is 15.0 Å². The third kappa shape index (κ3) is 3.77. The van der Waals surface area contributed by atoms with Crippen LogP contribution in [0.5, 0.6) is 0 Å². The number of fused-ring (bicyclic) bond motifs is 1. The topological polar surface area (TPSA) is 67.2 Å². The lowest BCUT2D eigenvalue weighted by Crippen LogP contribution is -2.44. The van der Waals surface area contributed by atoms with Crippen LogP contribution in [0.1, 0.15) is 56.5 Å². The van der Waals surface area contributed by atoms with Crippen molar-refractivity contribution < 1.29 is 18.7 Å². The van der Waals surface area contributed by atoms with Gasteiger partial charge in [0, 0.05) is 32.1 Å². The molecule has 1 saturated carbocycles. The molecule has 1 fully saturated rings. The SMILES string of the molecule is O=C(O)[C@@H]1CC[C@@H](NCc2cnc3n2CCCCC3)C(F)(F)CC1. The van der Waals surface area contributed by atoms with E-state index in [0.717, 1.165) is 37.3 Å². The lowest BCUT2D eigenvalue weighted by atomic mass is 10.0. The third-order valence-corrected chi connectivity index (χ3v) is 5.32. The van der Waals surface area contributed by atoms with Crippen molar-refractivity contribution in [1.29, 1.82) is 0 Å². The molecule has 1 aliphatic carbocycles. The number of carboxylic acid groups (broad SMARTS) is 1. The quantitative estimate of drug-likeness (QED) is 0.826. The number of rotatable bonds is 4. The molecular formula is C17H25F2N3O2. The van der Waals surface area contributed by atoms with Crippen LogP contribution in [0, 0.1) is 5.92 Å². The van der Waals surface area contributed by atoms with E-state index in [-0.39, 0.29) is 19.3 Å². The highest BCUT2D eigenvalue weighted by Crippen LogP contribution is 2.35. The fourth-order valence-electron chi connectivity index (χ4n) is 3.79. The third-order valence-electron chi connectivity index (χ3n) is 5.32. The number of aryl methyl sites for hydroxylation is 1. The number of alkyl halides is 2. The van der Waals surface area contributed by atoms with E-state index >= 15 is 0 Å². The number of hydrogen-bond acceptors (Lipinski definition) is 3. The molecule has 0 unspecified atom stereocenters. The van der Waals surface area contributed by atoms with Gasteiger partial charge in [0.15, 0.2) is 0 Å². The van der Waals surface area contributed by atoms with Crippen molar-refractivity contribution in [2.75, 3.05) is 0 Å². The summed E-state index contributed by atoms with van der Waals surface area (Å²) in [6.07, 6.45) is 6.28. The molecular weight excluding hydrogens is 316 g/mol. The van der Waals surface area contributed by atoms with Crippen molar-refractivity contribution in [3.8, 4) is 0 Å². The standard InChI is InChI=1S/C17H25F2N3O2/c18-17(19)8-7-12(16(23)24)5-6-14(17)20-10-13-11-21-15-4-2-1-3-9-22(13)15/h11-12,14,20H,1-10H2,(H,23,24)/t12-,14-/m1/s1. The zero-order chi connectivity index (χ0) is 17.2. The number of aromatic nitrogens is 2. The molecule has 2 N–H and O–H groups in total. The number of hydrogen-bond donors (Lipinski definition) is 2. The molecule has 0 radical (unpaired) electrons. The molecule has 0 saturated heterocycles. The smallest absolute Gasteiger partial charge is 0.306 e. The Hall–Kier alpha value is -1.50. The second-order valence-corrected chi connectivity index (χ2v) is 6.97. The summed E-state index contributed by atoms with van der Waals surface area (Å²) in [5.41, 5.74) is 0.946. The summed E-state index contributed by atoms with van der Waals surface area (Å²) in [7, 11) is 0. The second-order valence-electron chi connectivity index (χ2n) is 6.97. The predicted octanol–water partition coefficient (Wildman–Crippen LogP) is 2.98. The van der Waals surface area contributed by atoms with E-state index in [2.05, 4.69) is 14.9 Å². The van der Waals surface area contributed by atoms with Crippen molar-refractivity contribution in [2.45, 2.75) is 76.4 Å². The van der Waals surface area contributed by atoms with Crippen LogP contribution in [0.15, 0.2) is 6.20 Å². The van der Waals surface area contributed by atoms with Crippen molar-refractivity contribution in [3.05, 3.63) is 17.7 Å². The highest BCUT2D eigenvalue weighted by atomic mass is 19.3. The minimum absolute atomic E-state index is 0.0442. The average Bonchev–Trinajstić information content (AvgIpc) is 2.70. The summed E-state index contributed by atoms with van der Waals surface area (Å²) < 4.78 is 30.8. The molecule has 0 spiro atoms. The first-order valence-corrected chi connectivity index (χ1v) is 8.84. The number of imidazole rings is 1. The second kappa shape index (κ2) is 7.17. The summed E-state index contributed by atoms with van der Waals surface area (Å²) in [6, 6.07) is -0.973. The van der Waals surface area contributed by atoms with Gasteiger partial charge >= 0.3 is 5.97 Å². The van der Waals surface area contributed by atoms with E-state index in [1.165, 1.54) is 6.42 Å². The molecule has 0 bridgehead atoms. The molecule has 0 aromatic carbocycles. The largest absolute Gasteiger partial charge is 0.481 e. The van der Waals surface area contributed by atoms with Crippen molar-refractivity contribution in [1.82, 2.24) is 14.9 Å². The maximum Gasteiger partial charge on any atom is 0.306 e. The zero-order valence-corrected chi connectivity index (χ0v) is 13.8. The summed E-state index contributed by atoms with van der Waals surface area (Å²) in [6.45, 7) is 1.25. The van der Waals surface area contributed by atoms with Gasteiger partial charge in [-0.25, -0.2) is 13.8 Å². The Balaban J connectivity index is 1.65. The molecule has 7 heteroatoms. The predicted molar refractivity (Wildman–Crippen MR) is 85.0 cm³/mol. The Kier molecular flexibility index (Phi) is 5.18. The van der Waals surface area contributed by atoms with Gasteiger partial charge in [0.2, 0.25) is 0 Å². The van der Waals surface area contributed by atoms with E-state index in [1.807, 2.05) is 0 Å². The molecule has 1 aromatic heterocycles. The molecule has 2 atom stereocenters. The van der Waals surface area contributed by atoms with Crippen LogP contribution in [0.3, 0.4) is 0 Å². The fraction of sp³-hybridized carbons (Fsp3) is 0.765. The number of halogens is 2. The molecule has 2 aliphatic rings. The van der Waals surface area contributed by atoms with Gasteiger partial charge in [-0.1, -0.05) is 6.42 Å². The highest BCUT2D eigenvalue weighted by Gasteiger charge is 2.43. The first kappa shape index (κ1) is 17.3. The number of carbonyl (C=O) groups is 1. The maximum atomic E-state index is 14.3. The zero-order valence-electron chi connectivity index (χ0n) is 13.8. The highest BCUT2D eigenvalue weighted by molar-refractivity contribution is 5.69. The van der Waals surface area contributed by atoms with Crippen LogP contribution in [0.2, 0.25) is 0 Å². The Morgan fingerprint density at radius 1 is 1.33 bits per heavy atom. The van der Waals surface area contributed by atoms with Crippen molar-refractivity contribution >= 4 is 5.97 Å². The van der Waals surface area contributed by atoms with Crippen LogP contribution in [-0.4, -0.2) is 32.6 Å². The molecule has 24 heavy (non-hydrogen) atoms. The summed E-state index contributed by atoms with van der Waals surface area (Å²) in [5, 5.41) is 12.1. The molecule has 134 valence electrons. The van der Waals surface area contributed by atoms with E-state index < -0.39 is 23.9 Å². The number of nitrogens with zero attached hydrogens (tertiary/aromatic N) is 2. The van der Waals surface area contributed by atoms with Crippen LogP contribution < -0.4 is 5.32 Å². The van der Waals surface area contributed by atoms with E-state index in [4.69, 9.17) is 5.11 Å². The van der Waals surface area contributed by atoms with Crippen molar-refractivity contribution in [2.24, 2.45) is 5.92 Å². The van der Waals surface area contributed by atoms with E-state index in [9.17, 15) is 13.6 Å². The van der Waals surface area contributed by atoms with E-state index in [1.54, 1.807) is 6.20 Å². The van der Waals surface area contributed by atoms with E-state index in [0.29, 0.717) is 13.0 Å². The van der Waals surface area contributed by atoms with Gasteiger partial charge in [-0.2, -0.15) is 0 Å². The van der Waals surface area contributed by atoms with Gasteiger partial charge in [0.05, 0.1) is 17.7 Å². The Bertz CT molecular complexity index is 588. The van der Waals surface area contributed by atoms with Crippen LogP contribution in [0.25, 0.3) is 0 Å². The lowest BCUT2D eigenvalue weighted by molar-refractivity contribution is -0.142. The van der Waals surface area contributed by atoms with Crippen LogP contribution in [-0.2, 0) is 24.3 Å². The monoisotopic (exact) mass is 341 g/mol. The number of carboxylic acids is 1. The molecule has 1 aliphatic heterocycles. The van der Waals surface area contributed by atoms with Gasteiger partial charge in [0.1, 0.15) is 5.82 Å². The maximum absolute atomic E-state index is 14.3. The van der Waals surface area contributed by atoms with Gasteiger partial charge in [-0.05, 0) is 32.1 Å². The molecule has 2 heterocycles. The minimum Gasteiger partial charge on any atom is -0.481 e. The normalized spacial score (nSPS) is 27.1. The van der Waals surface area contributed by atoms with Gasteiger partial charge in [0.25, 0.3) is 5.92 Å². The van der Waals surface area contributed by atoms with Crippen molar-refractivity contribution in [3.63, 3.8) is 0 Å². The first-order valence-electron chi connectivity index (χ1n) is 8.84. The Morgan fingerprint density at radius 2 is 2.17 bits per heavy atom. The Labute approximate surface area is 140 Å². The summed E-state index contributed by atoms with van der Waals surface area (Å²) in [5.74, 6) is -3.45. The summed E-state index contributed by atoms with van der Waals surface area (Å²) in [4.78, 5) is 15.5. The average molecular weight is 341 g/mol. The molecule has 3 rings (SSSR count). The number of nitrogens with one attached hydrogen (secondary N) is 1. The Morgan fingerprint density at radius 3 is 2.96 bits per heavy atom. The lowest BCUT2D eigenvalue weighted by Gasteiger charge is -2.26. The fourth-order valence-corrected chi connectivity index (χ4v) is 3.79. The van der Waals surface area contributed by atoms with Crippen LogP contribution >= 0.6 is 0 Å². The van der Waals surface area contributed by atoms with Gasteiger partial charge in [-0.3, -0.25) is 4.79 Å². The van der Waals surface area contributed by atoms with Crippen LogP contribution in [0.4, 0.5) is 8.78 Å². The first-order chi connectivity index (χ1) is 11.5. The van der Waals surface area contributed by atoms with Gasteiger partial charge in [-0.15, -0.1) is 0 Å². The molecule has 1 aromatic rings. The molecule has 0 amide bonds. The molecule has 5 nitrogen and oxygen atoms in total.